The van der Waals surface area contributed by atoms with Gasteiger partial charge in [-0.05, 0) is 147 Å². The van der Waals surface area contributed by atoms with Gasteiger partial charge in [0.1, 0.15) is 30.2 Å². The molecule has 0 spiro atoms. The quantitative estimate of drug-likeness (QED) is 0.177. The van der Waals surface area contributed by atoms with Crippen molar-refractivity contribution in [1.29, 1.82) is 0 Å². The van der Waals surface area contributed by atoms with Crippen LogP contribution in [0, 0.1) is 23.7 Å². The molecule has 0 saturated carbocycles. The van der Waals surface area contributed by atoms with Crippen molar-refractivity contribution in [2.45, 2.75) is 313 Å². The van der Waals surface area contributed by atoms with Crippen LogP contribution < -0.4 is 0 Å². The molecule has 5 fully saturated rings. The van der Waals surface area contributed by atoms with Crippen LogP contribution in [0.4, 0.5) is 0 Å². The lowest BCUT2D eigenvalue weighted by molar-refractivity contribution is -0.266. The highest BCUT2D eigenvalue weighted by Gasteiger charge is 2.58. The zero-order valence-corrected chi connectivity index (χ0v) is 52.8. The number of Topliss-reactive ketones (excluding diaryl/α,β-unsaturated/α-hetero) is 1. The summed E-state index contributed by atoms with van der Waals surface area (Å²) in [6.07, 6.45) is 9.69. The number of aliphatic hydroxyl groups excluding tert-OH is 1. The molecule has 0 radical (unpaired) electrons. The van der Waals surface area contributed by atoms with Crippen LogP contribution in [0.1, 0.15) is 173 Å². The number of carbonyl (C=O) groups excluding carboxylic acids is 1. The molecule has 0 amide bonds. The van der Waals surface area contributed by atoms with Gasteiger partial charge in [0.15, 0.2) is 25.0 Å². The van der Waals surface area contributed by atoms with E-state index in [1.165, 1.54) is 0 Å². The number of carbonyl (C=O) groups is 1. The predicted octanol–water partition coefficient (Wildman–Crippen LogP) is 14.2. The Labute approximate surface area is 449 Å². The molecule has 8 heterocycles. The summed E-state index contributed by atoms with van der Waals surface area (Å²) in [6.45, 7) is 52.6. The molecule has 8 aliphatic heterocycles. The Morgan fingerprint density at radius 2 is 1.19 bits per heavy atom. The first kappa shape index (κ1) is 61.4. The van der Waals surface area contributed by atoms with E-state index in [9.17, 15) is 9.90 Å². The average Bonchev–Trinajstić information content (AvgIpc) is 3.77. The van der Waals surface area contributed by atoms with Gasteiger partial charge in [-0.15, -0.1) is 0 Å². The first-order valence-corrected chi connectivity index (χ1v) is 37.9. The fourth-order valence-electron chi connectivity index (χ4n) is 11.6. The van der Waals surface area contributed by atoms with Gasteiger partial charge >= 0.3 is 0 Å². The smallest absolute Gasteiger partial charge is 0.193 e. The van der Waals surface area contributed by atoms with E-state index in [4.69, 9.17) is 37.0 Å². The maximum absolute atomic E-state index is 14.8. The highest BCUT2D eigenvalue weighted by atomic mass is 28.4. The minimum Gasteiger partial charge on any atom is -0.408 e. The summed E-state index contributed by atoms with van der Waals surface area (Å²) in [5.41, 5.74) is 2.26. The summed E-state index contributed by atoms with van der Waals surface area (Å²) in [7, 11) is -7.46. The number of ketones is 1. The number of rotatable bonds is 9. The molecule has 18 atom stereocenters. The summed E-state index contributed by atoms with van der Waals surface area (Å²) in [5, 5.41) is 11.5. The Kier molecular flexibility index (Phi) is 20.1. The van der Waals surface area contributed by atoms with Crippen molar-refractivity contribution in [2.75, 3.05) is 0 Å². The molecule has 0 aromatic rings. The standard InChI is InChI=1S/C60H108O10Si3/c1-22-37(2)31-51-41(6)47-35-43(62)34-46-27-30-49-54(65-46)56(69-72(18,19)59(10,11)12)57(70-73(20,21)60(13,14)15)55(67-49)50(68-71(16,17)58(7,8)9)28-24-42(61)23-25-44-33-39(4)48(63-44)29-26-45-32-38(3)40(5)52(64-45)36-53(47)66-51/h24,28,37-38,41-42,44-57,61H,4-5,22-23,25-27,29-36H2,1-3,6-21H3/b28-24+/t37-,38-,41-,42?,44+,45+,46-,47?,48?,49+,50+,51-,52-,53+,54+,55+,56+,57-/m1/s1. The van der Waals surface area contributed by atoms with Crippen LogP contribution in [0.2, 0.25) is 54.4 Å². The van der Waals surface area contributed by atoms with Gasteiger partial charge in [0.25, 0.3) is 0 Å². The molecule has 0 aromatic carbocycles. The molecule has 8 aliphatic rings. The summed E-state index contributed by atoms with van der Waals surface area (Å²) < 4.78 is 58.5. The van der Waals surface area contributed by atoms with Gasteiger partial charge in [0, 0.05) is 19.3 Å². The van der Waals surface area contributed by atoms with Crippen LogP contribution in [-0.2, 0) is 41.8 Å². The molecule has 1 N–H and O–H groups in total. The van der Waals surface area contributed by atoms with E-state index in [1.54, 1.807) is 0 Å². The summed E-state index contributed by atoms with van der Waals surface area (Å²) in [4.78, 5) is 14.8. The van der Waals surface area contributed by atoms with E-state index in [1.807, 2.05) is 6.08 Å². The van der Waals surface area contributed by atoms with Crippen molar-refractivity contribution in [1.82, 2.24) is 0 Å². The third-order valence-corrected chi connectivity index (χ3v) is 33.4. The van der Waals surface area contributed by atoms with Crippen molar-refractivity contribution >= 4 is 30.7 Å². The van der Waals surface area contributed by atoms with Crippen LogP contribution in [-0.4, -0.2) is 121 Å². The van der Waals surface area contributed by atoms with E-state index in [-0.39, 0.29) is 81.6 Å². The lowest BCUT2D eigenvalue weighted by Crippen LogP contribution is -2.69. The van der Waals surface area contributed by atoms with Gasteiger partial charge in [-0.25, -0.2) is 0 Å². The van der Waals surface area contributed by atoms with Gasteiger partial charge in [0.05, 0.1) is 61.0 Å². The van der Waals surface area contributed by atoms with Crippen molar-refractivity contribution in [2.24, 2.45) is 23.7 Å². The van der Waals surface area contributed by atoms with Crippen molar-refractivity contribution in [3.8, 4) is 0 Å². The number of hydrogen-bond acceptors (Lipinski definition) is 10. The Bertz CT molecular complexity index is 1900. The van der Waals surface area contributed by atoms with Crippen LogP contribution in [0.5, 0.6) is 0 Å². The van der Waals surface area contributed by atoms with Crippen LogP contribution in [0.3, 0.4) is 0 Å². The fourth-order valence-corrected chi connectivity index (χ4v) is 15.4. The van der Waals surface area contributed by atoms with E-state index >= 15 is 0 Å². The summed E-state index contributed by atoms with van der Waals surface area (Å²) in [5.74, 6) is 1.36. The summed E-state index contributed by atoms with van der Waals surface area (Å²) in [6, 6.07) is 0. The van der Waals surface area contributed by atoms with Crippen LogP contribution in [0.15, 0.2) is 36.5 Å². The maximum atomic E-state index is 14.8. The number of aliphatic hydroxyl groups is 1. The second kappa shape index (κ2) is 23.9. The number of fused-ring (bicyclic) bond motifs is 2. The monoisotopic (exact) mass is 1070 g/mol. The zero-order valence-electron chi connectivity index (χ0n) is 49.8. The zero-order chi connectivity index (χ0) is 54.4. The topological polar surface area (TPSA) is 111 Å². The highest BCUT2D eigenvalue weighted by Crippen LogP contribution is 2.49. The minimum atomic E-state index is -2.52. The van der Waals surface area contributed by atoms with E-state index < -0.39 is 61.6 Å². The fraction of sp³-hybridized carbons (Fsp3) is 0.883. The largest absolute Gasteiger partial charge is 0.408 e. The third kappa shape index (κ3) is 14.9. The number of hydrogen-bond donors (Lipinski definition) is 1. The normalized spacial score (nSPS) is 39.2. The third-order valence-electron chi connectivity index (χ3n) is 20.0. The SMILES string of the molecule is C=C1C[C@@H]2CCC(O)/C=C/[C@H](O[Si](C)(C)C(C)(C)C)[C@@H]3O[C@H]4CC[C@H](CC(=O)CC5[C@H](C[C@H]6O[C@@H](CCC1O2)C[C@@H](C)C6=C)O[C@H](C[C@H](C)CC)[C@@H]5C)O[C@@H]4[C@H](O[Si](C)(C)C(C)(C)C)[C@@H]3O[Si](C)(C)C(C)(C)C. The molecule has 73 heavy (non-hydrogen) atoms. The first-order valence-electron chi connectivity index (χ1n) is 29.2. The van der Waals surface area contributed by atoms with E-state index in [2.05, 4.69) is 149 Å². The maximum Gasteiger partial charge on any atom is 0.193 e. The highest BCUT2D eigenvalue weighted by molar-refractivity contribution is 6.75. The van der Waals surface area contributed by atoms with Gasteiger partial charge in [-0.3, -0.25) is 4.79 Å². The molecule has 0 aliphatic carbocycles. The molecule has 3 unspecified atom stereocenters. The van der Waals surface area contributed by atoms with Crippen molar-refractivity contribution in [3.63, 3.8) is 0 Å². The van der Waals surface area contributed by atoms with Crippen LogP contribution >= 0.6 is 0 Å². The molecule has 10 nitrogen and oxygen atoms in total. The first-order chi connectivity index (χ1) is 33.6. The van der Waals surface area contributed by atoms with E-state index in [0.717, 1.165) is 62.5 Å². The van der Waals surface area contributed by atoms with Gasteiger partial charge < -0.3 is 42.1 Å². The molecule has 0 aromatic heterocycles. The second-order valence-electron chi connectivity index (χ2n) is 28.8. The average molecular weight is 1070 g/mol. The predicted molar refractivity (Wildman–Crippen MR) is 305 cm³/mol. The van der Waals surface area contributed by atoms with Gasteiger partial charge in [0.2, 0.25) is 0 Å². The van der Waals surface area contributed by atoms with E-state index in [0.29, 0.717) is 43.9 Å². The minimum absolute atomic E-state index is 0.00835. The summed E-state index contributed by atoms with van der Waals surface area (Å²) >= 11 is 0. The Morgan fingerprint density at radius 1 is 0.644 bits per heavy atom. The van der Waals surface area contributed by atoms with Gasteiger partial charge in [-0.1, -0.05) is 122 Å². The molecule has 8 bridgehead atoms. The number of ether oxygens (including phenoxy) is 5. The van der Waals surface area contributed by atoms with Crippen molar-refractivity contribution < 1.29 is 46.9 Å². The Morgan fingerprint density at radius 3 is 1.79 bits per heavy atom. The van der Waals surface area contributed by atoms with Crippen molar-refractivity contribution in [3.05, 3.63) is 36.5 Å². The lowest BCUT2D eigenvalue weighted by Gasteiger charge is -2.56. The second-order valence-corrected chi connectivity index (χ2v) is 43.1. The molecular formula is C60H108O10Si3. The lowest BCUT2D eigenvalue weighted by atomic mass is 9.78. The Balaban J connectivity index is 1.42. The molecular weight excluding hydrogens is 965 g/mol. The van der Waals surface area contributed by atoms with Crippen LogP contribution in [0.25, 0.3) is 0 Å². The molecule has 420 valence electrons. The molecule has 5 saturated heterocycles. The molecule has 13 heteroatoms. The Hall–Kier alpha value is -0.819. The van der Waals surface area contributed by atoms with Gasteiger partial charge in [-0.2, -0.15) is 0 Å². The molecule has 8 rings (SSSR count).